The van der Waals surface area contributed by atoms with Crippen LogP contribution in [0.5, 0.6) is 0 Å². The topological polar surface area (TPSA) is 15.3 Å². The Kier molecular flexibility index (Phi) is 4.82. The first-order chi connectivity index (χ1) is 8.81. The highest BCUT2D eigenvalue weighted by Crippen LogP contribution is 2.31. The van der Waals surface area contributed by atoms with Crippen molar-refractivity contribution in [1.29, 1.82) is 0 Å². The van der Waals surface area contributed by atoms with Gasteiger partial charge in [-0.3, -0.25) is 0 Å². The second-order valence-corrected chi connectivity index (χ2v) is 5.19. The van der Waals surface area contributed by atoms with E-state index < -0.39 is 0 Å². The van der Waals surface area contributed by atoms with Crippen LogP contribution in [0.1, 0.15) is 30.7 Å². The number of hydrogen-bond acceptors (Lipinski definition) is 2. The highest BCUT2D eigenvalue weighted by atomic mass is 15.1. The zero-order chi connectivity index (χ0) is 12.8. The van der Waals surface area contributed by atoms with E-state index >= 15 is 0 Å². The second kappa shape index (κ2) is 6.60. The van der Waals surface area contributed by atoms with E-state index in [1.165, 1.54) is 24.1 Å². The number of unbranched alkanes of at least 4 members (excludes halogenated alkanes) is 1. The smallest absolute Gasteiger partial charge is 0.0376 e. The molecule has 1 aliphatic heterocycles. The highest BCUT2D eigenvalue weighted by molar-refractivity contribution is 5.54. The summed E-state index contributed by atoms with van der Waals surface area (Å²) >= 11 is 0. The number of nitrogens with zero attached hydrogens (tertiary/aromatic N) is 1. The van der Waals surface area contributed by atoms with Crippen molar-refractivity contribution >= 4 is 5.69 Å². The van der Waals surface area contributed by atoms with E-state index in [2.05, 4.69) is 48.1 Å². The Morgan fingerprint density at radius 3 is 3.11 bits per heavy atom. The third-order valence-corrected chi connectivity index (χ3v) is 3.69. The van der Waals surface area contributed by atoms with Gasteiger partial charge in [0, 0.05) is 24.7 Å². The molecule has 1 aliphatic rings. The van der Waals surface area contributed by atoms with E-state index in [0.29, 0.717) is 5.92 Å². The zero-order valence-electron chi connectivity index (χ0n) is 11.4. The average Bonchev–Trinajstić information content (AvgIpc) is 2.39. The van der Waals surface area contributed by atoms with Gasteiger partial charge in [0.2, 0.25) is 0 Å². The van der Waals surface area contributed by atoms with E-state index in [4.69, 9.17) is 0 Å². The fourth-order valence-corrected chi connectivity index (χ4v) is 2.71. The van der Waals surface area contributed by atoms with Crippen LogP contribution in [-0.4, -0.2) is 31.6 Å². The summed E-state index contributed by atoms with van der Waals surface area (Å²) in [5, 5.41) is 3.49. The number of anilines is 1. The quantitative estimate of drug-likeness (QED) is 0.609. The van der Waals surface area contributed by atoms with E-state index in [1.54, 1.807) is 0 Å². The predicted octanol–water partition coefficient (Wildman–Crippen LogP) is 3.48. The molecule has 0 saturated heterocycles. The van der Waals surface area contributed by atoms with Gasteiger partial charge in [-0.25, -0.2) is 0 Å². The number of likely N-dealkylation sites (N-methyl/N-ethyl adjacent to an activating group) is 1. The normalized spacial score (nSPS) is 18.2. The van der Waals surface area contributed by atoms with Crippen LogP contribution in [0.3, 0.4) is 0 Å². The van der Waals surface area contributed by atoms with Crippen LogP contribution >= 0.6 is 0 Å². The molecule has 0 spiro atoms. The molecule has 1 aromatic rings. The summed E-state index contributed by atoms with van der Waals surface area (Å²) in [6.45, 7) is 7.20. The largest absolute Gasteiger partial charge is 0.385 e. The molecule has 0 aliphatic carbocycles. The summed E-state index contributed by atoms with van der Waals surface area (Å²) in [6, 6.07) is 8.72. The fraction of sp³-hybridized carbons (Fsp3) is 0.500. The molecule has 2 heteroatoms. The van der Waals surface area contributed by atoms with E-state index in [1.807, 2.05) is 6.08 Å². The molecule has 2 rings (SSSR count). The molecule has 1 N–H and O–H groups in total. The van der Waals surface area contributed by atoms with Gasteiger partial charge in [-0.15, -0.1) is 6.58 Å². The van der Waals surface area contributed by atoms with Crippen LogP contribution in [0.15, 0.2) is 36.9 Å². The van der Waals surface area contributed by atoms with Gasteiger partial charge < -0.3 is 10.2 Å². The molecule has 2 nitrogen and oxygen atoms in total. The maximum atomic E-state index is 3.78. The molecule has 0 saturated carbocycles. The van der Waals surface area contributed by atoms with Gasteiger partial charge in [0.05, 0.1) is 0 Å². The van der Waals surface area contributed by atoms with Gasteiger partial charge >= 0.3 is 0 Å². The van der Waals surface area contributed by atoms with E-state index in [0.717, 1.165) is 26.1 Å². The van der Waals surface area contributed by atoms with Crippen LogP contribution in [0, 0.1) is 0 Å². The lowest BCUT2D eigenvalue weighted by Gasteiger charge is -2.30. The van der Waals surface area contributed by atoms with E-state index in [-0.39, 0.29) is 0 Å². The lowest BCUT2D eigenvalue weighted by Crippen LogP contribution is -2.29. The van der Waals surface area contributed by atoms with Gasteiger partial charge in [0.15, 0.2) is 0 Å². The number of fused-ring (bicyclic) bond motifs is 1. The van der Waals surface area contributed by atoms with Crippen molar-refractivity contribution in [3.8, 4) is 0 Å². The molecular formula is C16H24N2. The molecule has 1 atom stereocenters. The minimum atomic E-state index is 0.677. The number of rotatable bonds is 6. The number of allylic oxidation sites excluding steroid dienone is 1. The van der Waals surface area contributed by atoms with Gasteiger partial charge in [0.1, 0.15) is 0 Å². The lowest BCUT2D eigenvalue weighted by atomic mass is 9.90. The molecule has 98 valence electrons. The third kappa shape index (κ3) is 3.36. The SMILES string of the molecule is C=CCCCN(C)CC1CCNc2ccccc21. The van der Waals surface area contributed by atoms with Crippen molar-refractivity contribution < 1.29 is 0 Å². The maximum absolute atomic E-state index is 3.78. The van der Waals surface area contributed by atoms with Crippen molar-refractivity contribution in [3.05, 3.63) is 42.5 Å². The van der Waals surface area contributed by atoms with Gasteiger partial charge in [-0.2, -0.15) is 0 Å². The predicted molar refractivity (Wildman–Crippen MR) is 79.2 cm³/mol. The monoisotopic (exact) mass is 244 g/mol. The molecule has 1 aromatic carbocycles. The average molecular weight is 244 g/mol. The molecule has 0 amide bonds. The summed E-state index contributed by atoms with van der Waals surface area (Å²) in [6.07, 6.45) is 5.58. The van der Waals surface area contributed by atoms with Crippen LogP contribution in [0.25, 0.3) is 0 Å². The molecule has 0 aromatic heterocycles. The molecular weight excluding hydrogens is 220 g/mol. The van der Waals surface area contributed by atoms with Crippen LogP contribution in [-0.2, 0) is 0 Å². The second-order valence-electron chi connectivity index (χ2n) is 5.19. The van der Waals surface area contributed by atoms with Crippen molar-refractivity contribution in [2.75, 3.05) is 32.0 Å². The Bertz CT molecular complexity index is 386. The Balaban J connectivity index is 1.92. The minimum Gasteiger partial charge on any atom is -0.385 e. The van der Waals surface area contributed by atoms with Crippen molar-refractivity contribution in [2.24, 2.45) is 0 Å². The van der Waals surface area contributed by atoms with Crippen molar-refractivity contribution in [1.82, 2.24) is 4.90 Å². The Morgan fingerprint density at radius 1 is 1.44 bits per heavy atom. The standard InChI is InChI=1S/C16H24N2/c1-3-4-7-12-18(2)13-14-10-11-17-16-9-6-5-8-15(14)16/h3,5-6,8-9,14,17H,1,4,7,10-13H2,2H3. The van der Waals surface area contributed by atoms with Gasteiger partial charge in [-0.1, -0.05) is 24.3 Å². The summed E-state index contributed by atoms with van der Waals surface area (Å²) in [4.78, 5) is 2.45. The number of para-hydroxylation sites is 1. The van der Waals surface area contributed by atoms with Crippen molar-refractivity contribution in [2.45, 2.75) is 25.2 Å². The molecule has 0 radical (unpaired) electrons. The van der Waals surface area contributed by atoms with Gasteiger partial charge in [0.25, 0.3) is 0 Å². The molecule has 1 heterocycles. The summed E-state index contributed by atoms with van der Waals surface area (Å²) in [5.41, 5.74) is 2.81. The third-order valence-electron chi connectivity index (χ3n) is 3.69. The molecule has 0 bridgehead atoms. The Morgan fingerprint density at radius 2 is 2.28 bits per heavy atom. The van der Waals surface area contributed by atoms with Crippen LogP contribution in [0.2, 0.25) is 0 Å². The first-order valence-electron chi connectivity index (χ1n) is 6.93. The molecule has 0 fully saturated rings. The summed E-state index contributed by atoms with van der Waals surface area (Å²) in [7, 11) is 2.23. The summed E-state index contributed by atoms with van der Waals surface area (Å²) < 4.78 is 0. The highest BCUT2D eigenvalue weighted by Gasteiger charge is 2.20. The minimum absolute atomic E-state index is 0.677. The fourth-order valence-electron chi connectivity index (χ4n) is 2.71. The summed E-state index contributed by atoms with van der Waals surface area (Å²) in [5.74, 6) is 0.677. The molecule has 18 heavy (non-hydrogen) atoms. The van der Waals surface area contributed by atoms with Crippen LogP contribution in [0.4, 0.5) is 5.69 Å². The van der Waals surface area contributed by atoms with Gasteiger partial charge in [-0.05, 0) is 44.5 Å². The maximum Gasteiger partial charge on any atom is 0.0376 e. The van der Waals surface area contributed by atoms with E-state index in [9.17, 15) is 0 Å². The Labute approximate surface area is 111 Å². The first kappa shape index (κ1) is 13.2. The molecule has 1 unspecified atom stereocenters. The van der Waals surface area contributed by atoms with Crippen molar-refractivity contribution in [3.63, 3.8) is 0 Å². The number of hydrogen-bond donors (Lipinski definition) is 1. The number of benzene rings is 1. The Hall–Kier alpha value is -1.28. The first-order valence-corrected chi connectivity index (χ1v) is 6.93. The zero-order valence-corrected chi connectivity index (χ0v) is 11.4. The lowest BCUT2D eigenvalue weighted by molar-refractivity contribution is 0.302. The number of nitrogens with one attached hydrogen (secondary N) is 1. The van der Waals surface area contributed by atoms with Crippen LogP contribution < -0.4 is 5.32 Å².